The summed E-state index contributed by atoms with van der Waals surface area (Å²) in [6.07, 6.45) is -8.46. The third-order valence-electron chi connectivity index (χ3n) is 3.57. The predicted molar refractivity (Wildman–Crippen MR) is 68.6 cm³/mol. The minimum atomic E-state index is -6.49. The van der Waals surface area contributed by atoms with E-state index in [1.54, 1.807) is 0 Å². The molecule has 140 valence electrons. The van der Waals surface area contributed by atoms with Crippen LogP contribution in [0.15, 0.2) is 0 Å². The van der Waals surface area contributed by atoms with Crippen LogP contribution in [0.5, 0.6) is 0 Å². The third kappa shape index (κ3) is 5.10. The molecule has 12 heteroatoms. The number of halogens is 5. The van der Waals surface area contributed by atoms with Gasteiger partial charge in [0.25, 0.3) is 6.10 Å². The lowest BCUT2D eigenvalue weighted by atomic mass is 9.85. The van der Waals surface area contributed by atoms with Crippen LogP contribution < -0.4 is 0 Å². The largest absolute Gasteiger partial charge is 0.444 e. The molecular formula is C12H15F5O6S. The van der Waals surface area contributed by atoms with Gasteiger partial charge in [-0.05, 0) is 12.8 Å². The molecule has 0 spiro atoms. The second-order valence-corrected chi connectivity index (χ2v) is 6.92. The lowest BCUT2D eigenvalue weighted by molar-refractivity contribution is -0.259. The Hall–Kier alpha value is -1.30. The van der Waals surface area contributed by atoms with Crippen molar-refractivity contribution in [3.8, 4) is 0 Å². The molecule has 6 nitrogen and oxygen atoms in total. The Morgan fingerprint density at radius 2 is 1.58 bits per heavy atom. The fourth-order valence-electron chi connectivity index (χ4n) is 2.35. The minimum Gasteiger partial charge on any atom is -0.444 e. The van der Waals surface area contributed by atoms with Gasteiger partial charge in [0.15, 0.2) is 0 Å². The highest BCUT2D eigenvalue weighted by Gasteiger charge is 2.66. The molecule has 1 atom stereocenters. The van der Waals surface area contributed by atoms with Crippen LogP contribution in [-0.2, 0) is 24.4 Å². The molecule has 0 bridgehead atoms. The number of hydrogen-bond donors (Lipinski definition) is 1. The van der Waals surface area contributed by atoms with Crippen LogP contribution in [0.2, 0.25) is 0 Å². The minimum absolute atomic E-state index is 0.427. The van der Waals surface area contributed by atoms with Gasteiger partial charge in [0.1, 0.15) is 12.2 Å². The molecule has 1 fully saturated rings. The van der Waals surface area contributed by atoms with Crippen LogP contribution >= 0.6 is 0 Å². The molecule has 1 aliphatic carbocycles. The van der Waals surface area contributed by atoms with Crippen molar-refractivity contribution < 1.29 is 49.2 Å². The third-order valence-corrected chi connectivity index (χ3v) is 4.48. The first kappa shape index (κ1) is 20.7. The zero-order chi connectivity index (χ0) is 18.8. The summed E-state index contributed by atoms with van der Waals surface area (Å²) in [6, 6.07) is 0. The number of carbonyl (C=O) groups is 2. The van der Waals surface area contributed by atoms with Crippen LogP contribution in [0.4, 0.5) is 22.0 Å². The van der Waals surface area contributed by atoms with Gasteiger partial charge in [-0.3, -0.25) is 14.1 Å². The first-order valence-corrected chi connectivity index (χ1v) is 8.34. The molecule has 24 heavy (non-hydrogen) atoms. The molecule has 0 radical (unpaired) electrons. The average molecular weight is 382 g/mol. The van der Waals surface area contributed by atoms with E-state index in [1.165, 1.54) is 0 Å². The van der Waals surface area contributed by atoms with E-state index in [1.807, 2.05) is 0 Å². The van der Waals surface area contributed by atoms with Crippen molar-refractivity contribution in [2.75, 3.05) is 0 Å². The highest BCUT2D eigenvalue weighted by atomic mass is 32.2. The fraction of sp³-hybridized carbons (Fsp3) is 0.833. The standard InChI is InChI=1S/C12H15F5O6S/c13-11(14,15)10(12(16,17)24(20,21)22)23-9(19)6-8(18)7-4-2-1-3-5-7/h7,10H,1-6H2,(H,20,21,22). The fourth-order valence-corrected chi connectivity index (χ4v) is 2.80. The number of rotatable bonds is 6. The molecule has 1 aliphatic rings. The van der Waals surface area contributed by atoms with Gasteiger partial charge in [0.2, 0.25) is 0 Å². The van der Waals surface area contributed by atoms with Crippen molar-refractivity contribution in [3.05, 3.63) is 0 Å². The Bertz CT molecular complexity index is 579. The zero-order valence-electron chi connectivity index (χ0n) is 12.2. The van der Waals surface area contributed by atoms with E-state index in [4.69, 9.17) is 4.55 Å². The Morgan fingerprint density at radius 1 is 1.08 bits per heavy atom. The van der Waals surface area contributed by atoms with Crippen LogP contribution in [0.25, 0.3) is 0 Å². The zero-order valence-corrected chi connectivity index (χ0v) is 13.0. The molecule has 1 N–H and O–H groups in total. The quantitative estimate of drug-likeness (QED) is 0.328. The maximum atomic E-state index is 13.2. The highest BCUT2D eigenvalue weighted by Crippen LogP contribution is 2.38. The predicted octanol–water partition coefficient (Wildman–Crippen LogP) is 2.48. The van der Waals surface area contributed by atoms with Crippen LogP contribution in [-0.4, -0.2) is 42.3 Å². The van der Waals surface area contributed by atoms with Crippen molar-refractivity contribution in [1.82, 2.24) is 0 Å². The van der Waals surface area contributed by atoms with Crippen molar-refractivity contribution >= 4 is 21.9 Å². The molecule has 0 heterocycles. The summed E-state index contributed by atoms with van der Waals surface area (Å²) in [4.78, 5) is 23.1. The van der Waals surface area contributed by atoms with E-state index >= 15 is 0 Å². The Kier molecular flexibility index (Phi) is 6.31. The summed E-state index contributed by atoms with van der Waals surface area (Å²) in [5.41, 5.74) is 0. The van der Waals surface area contributed by atoms with E-state index in [9.17, 15) is 40.0 Å². The second kappa shape index (κ2) is 7.30. The molecule has 1 rings (SSSR count). The Labute approximate surface area is 134 Å². The first-order valence-electron chi connectivity index (χ1n) is 6.90. The van der Waals surface area contributed by atoms with Crippen molar-refractivity contribution in [1.29, 1.82) is 0 Å². The number of carbonyl (C=O) groups excluding carboxylic acids is 2. The van der Waals surface area contributed by atoms with E-state index in [0.29, 0.717) is 25.7 Å². The lowest BCUT2D eigenvalue weighted by Gasteiger charge is -2.26. The number of hydrogen-bond acceptors (Lipinski definition) is 5. The molecule has 0 aromatic rings. The number of esters is 1. The highest BCUT2D eigenvalue weighted by molar-refractivity contribution is 7.86. The van der Waals surface area contributed by atoms with Gasteiger partial charge >= 0.3 is 27.5 Å². The Balaban J connectivity index is 2.84. The molecule has 1 unspecified atom stereocenters. The maximum absolute atomic E-state index is 13.2. The topological polar surface area (TPSA) is 97.7 Å². The van der Waals surface area contributed by atoms with Crippen LogP contribution in [0.3, 0.4) is 0 Å². The summed E-state index contributed by atoms with van der Waals surface area (Å²) < 4.78 is 96.8. The van der Waals surface area contributed by atoms with Crippen molar-refractivity contribution in [2.24, 2.45) is 5.92 Å². The van der Waals surface area contributed by atoms with Gasteiger partial charge in [-0.1, -0.05) is 19.3 Å². The maximum Gasteiger partial charge on any atom is 0.432 e. The summed E-state index contributed by atoms with van der Waals surface area (Å²) in [7, 11) is -6.49. The lowest BCUT2D eigenvalue weighted by Crippen LogP contribution is -2.52. The molecule has 0 saturated heterocycles. The number of ether oxygens (including phenoxy) is 1. The average Bonchev–Trinajstić information content (AvgIpc) is 2.43. The van der Waals surface area contributed by atoms with E-state index < -0.39 is 51.7 Å². The molecule has 0 aromatic carbocycles. The van der Waals surface area contributed by atoms with Gasteiger partial charge in [0.05, 0.1) is 0 Å². The molecular weight excluding hydrogens is 367 g/mol. The number of Topliss-reactive ketones (excluding diaryl/α,β-unsaturated/α-hetero) is 1. The molecule has 1 saturated carbocycles. The van der Waals surface area contributed by atoms with Crippen molar-refractivity contribution in [2.45, 2.75) is 56.1 Å². The number of alkyl halides is 5. The van der Waals surface area contributed by atoms with Gasteiger partial charge in [-0.2, -0.15) is 30.4 Å². The van der Waals surface area contributed by atoms with Gasteiger partial charge in [-0.25, -0.2) is 0 Å². The second-order valence-electron chi connectivity index (χ2n) is 5.43. The van der Waals surface area contributed by atoms with Crippen molar-refractivity contribution in [3.63, 3.8) is 0 Å². The van der Waals surface area contributed by atoms with Crippen LogP contribution in [0, 0.1) is 5.92 Å². The smallest absolute Gasteiger partial charge is 0.432 e. The monoisotopic (exact) mass is 382 g/mol. The van der Waals surface area contributed by atoms with E-state index in [-0.39, 0.29) is 0 Å². The van der Waals surface area contributed by atoms with Gasteiger partial charge < -0.3 is 4.74 Å². The molecule has 0 aliphatic heterocycles. The first-order chi connectivity index (χ1) is 10.8. The molecule has 0 amide bonds. The Morgan fingerprint density at radius 3 is 2.00 bits per heavy atom. The molecule has 0 aromatic heterocycles. The van der Waals surface area contributed by atoms with Crippen LogP contribution in [0.1, 0.15) is 38.5 Å². The van der Waals surface area contributed by atoms with E-state index in [0.717, 1.165) is 6.42 Å². The summed E-state index contributed by atoms with van der Waals surface area (Å²) in [6.45, 7) is 0. The summed E-state index contributed by atoms with van der Waals surface area (Å²) in [5, 5.41) is -5.80. The van der Waals surface area contributed by atoms with Gasteiger partial charge in [-0.15, -0.1) is 0 Å². The number of ketones is 1. The van der Waals surface area contributed by atoms with Gasteiger partial charge in [0, 0.05) is 5.92 Å². The van der Waals surface area contributed by atoms with E-state index in [2.05, 4.69) is 4.74 Å². The normalized spacial score (nSPS) is 18.9. The summed E-state index contributed by atoms with van der Waals surface area (Å²) >= 11 is 0. The SMILES string of the molecule is O=C(CC(=O)C1CCCCC1)OC(C(F)(F)F)C(F)(F)S(=O)(=O)O. The summed E-state index contributed by atoms with van der Waals surface area (Å²) in [5.74, 6) is -3.26.